The Kier molecular flexibility index (Phi) is 3.53. The molecule has 0 atom stereocenters. The second-order valence-corrected chi connectivity index (χ2v) is 4.46. The van der Waals surface area contributed by atoms with Crippen LogP contribution in [0.2, 0.25) is 0 Å². The summed E-state index contributed by atoms with van der Waals surface area (Å²) >= 11 is 3.37. The zero-order valence-electron chi connectivity index (χ0n) is 8.88. The van der Waals surface area contributed by atoms with E-state index in [9.17, 15) is 4.79 Å². The van der Waals surface area contributed by atoms with Crippen molar-refractivity contribution in [3.8, 4) is 0 Å². The van der Waals surface area contributed by atoms with Gasteiger partial charge in [-0.15, -0.1) is 5.10 Å². The highest BCUT2D eigenvalue weighted by Crippen LogP contribution is 2.11. The van der Waals surface area contributed by atoms with Crippen molar-refractivity contribution in [1.82, 2.24) is 15.0 Å². The van der Waals surface area contributed by atoms with Crippen molar-refractivity contribution >= 4 is 21.9 Å². The molecule has 1 N–H and O–H groups in total. The summed E-state index contributed by atoms with van der Waals surface area (Å²) in [5.41, 5.74) is 1.14. The van der Waals surface area contributed by atoms with E-state index in [-0.39, 0.29) is 5.69 Å². The van der Waals surface area contributed by atoms with Crippen LogP contribution in [-0.2, 0) is 13.0 Å². The monoisotopic (exact) mass is 295 g/mol. The zero-order valence-corrected chi connectivity index (χ0v) is 10.5. The van der Waals surface area contributed by atoms with Crippen LogP contribution in [0.5, 0.6) is 0 Å². The van der Waals surface area contributed by atoms with Gasteiger partial charge in [-0.3, -0.25) is 4.68 Å². The van der Waals surface area contributed by atoms with Crippen LogP contribution in [0.25, 0.3) is 0 Å². The third-order valence-electron chi connectivity index (χ3n) is 2.30. The van der Waals surface area contributed by atoms with Crippen LogP contribution >= 0.6 is 15.9 Å². The SMILES string of the molecule is O=C(O)c1cn(CCc2ccc(Br)cc2)nn1. The Balaban J connectivity index is 1.97. The Morgan fingerprint density at radius 1 is 1.35 bits per heavy atom. The van der Waals surface area contributed by atoms with E-state index in [2.05, 4.69) is 26.2 Å². The molecule has 5 nitrogen and oxygen atoms in total. The number of aromatic nitrogens is 3. The van der Waals surface area contributed by atoms with Gasteiger partial charge in [-0.1, -0.05) is 33.3 Å². The van der Waals surface area contributed by atoms with Crippen molar-refractivity contribution in [3.05, 3.63) is 46.2 Å². The van der Waals surface area contributed by atoms with E-state index in [1.165, 1.54) is 16.4 Å². The normalized spacial score (nSPS) is 10.4. The van der Waals surface area contributed by atoms with Gasteiger partial charge < -0.3 is 5.11 Å². The third kappa shape index (κ3) is 3.13. The summed E-state index contributed by atoms with van der Waals surface area (Å²) in [5, 5.41) is 16.0. The maximum atomic E-state index is 10.6. The Hall–Kier alpha value is -1.69. The number of aromatic carboxylic acids is 1. The van der Waals surface area contributed by atoms with Crippen LogP contribution in [0, 0.1) is 0 Å². The number of hydrogen-bond donors (Lipinski definition) is 1. The number of hydrogen-bond acceptors (Lipinski definition) is 3. The number of benzene rings is 1. The first kappa shape index (κ1) is 11.8. The van der Waals surface area contributed by atoms with Crippen molar-refractivity contribution in [2.75, 3.05) is 0 Å². The van der Waals surface area contributed by atoms with E-state index in [4.69, 9.17) is 5.11 Å². The summed E-state index contributed by atoms with van der Waals surface area (Å²) in [4.78, 5) is 10.6. The maximum Gasteiger partial charge on any atom is 0.358 e. The van der Waals surface area contributed by atoms with E-state index in [0.717, 1.165) is 10.9 Å². The quantitative estimate of drug-likeness (QED) is 0.936. The molecule has 0 aliphatic heterocycles. The molecule has 0 saturated heterocycles. The lowest BCUT2D eigenvalue weighted by molar-refractivity contribution is 0.0690. The predicted octanol–water partition coefficient (Wildman–Crippen LogP) is 1.98. The molecular formula is C11H10BrN3O2. The molecule has 0 saturated carbocycles. The lowest BCUT2D eigenvalue weighted by Crippen LogP contribution is -2.02. The zero-order chi connectivity index (χ0) is 12.3. The molecular weight excluding hydrogens is 286 g/mol. The Morgan fingerprint density at radius 2 is 2.06 bits per heavy atom. The molecule has 0 spiro atoms. The predicted molar refractivity (Wildman–Crippen MR) is 64.8 cm³/mol. The number of carboxylic acid groups (broad SMARTS) is 1. The highest BCUT2D eigenvalue weighted by Gasteiger charge is 2.07. The first-order chi connectivity index (χ1) is 8.15. The van der Waals surface area contributed by atoms with Crippen molar-refractivity contribution < 1.29 is 9.90 Å². The lowest BCUT2D eigenvalue weighted by Gasteiger charge is -2.01. The molecule has 1 aromatic carbocycles. The lowest BCUT2D eigenvalue weighted by atomic mass is 10.1. The third-order valence-corrected chi connectivity index (χ3v) is 2.83. The Bertz CT molecular complexity index is 522. The van der Waals surface area contributed by atoms with Crippen LogP contribution in [0.4, 0.5) is 0 Å². The smallest absolute Gasteiger partial charge is 0.358 e. The van der Waals surface area contributed by atoms with Gasteiger partial charge in [-0.25, -0.2) is 4.79 Å². The van der Waals surface area contributed by atoms with Gasteiger partial charge in [0.05, 0.1) is 6.20 Å². The number of carbonyl (C=O) groups is 1. The van der Waals surface area contributed by atoms with Crippen LogP contribution in [-0.4, -0.2) is 26.1 Å². The molecule has 0 bridgehead atoms. The number of rotatable bonds is 4. The van der Waals surface area contributed by atoms with Crippen LogP contribution in [0.15, 0.2) is 34.9 Å². The molecule has 0 aliphatic rings. The number of carboxylic acids is 1. The Labute approximate surface area is 106 Å². The van der Waals surface area contributed by atoms with Gasteiger partial charge in [0, 0.05) is 11.0 Å². The van der Waals surface area contributed by atoms with Crippen molar-refractivity contribution in [3.63, 3.8) is 0 Å². The second-order valence-electron chi connectivity index (χ2n) is 3.55. The fourth-order valence-corrected chi connectivity index (χ4v) is 1.66. The number of aryl methyl sites for hydroxylation is 2. The van der Waals surface area contributed by atoms with E-state index < -0.39 is 5.97 Å². The standard InChI is InChI=1S/C11H10BrN3O2/c12-9-3-1-8(2-4-9)5-6-15-7-10(11(16)17)13-14-15/h1-4,7H,5-6H2,(H,16,17). The van der Waals surface area contributed by atoms with Gasteiger partial charge in [-0.2, -0.15) is 0 Å². The van der Waals surface area contributed by atoms with Crippen LogP contribution in [0.1, 0.15) is 16.1 Å². The molecule has 1 aromatic heterocycles. The Morgan fingerprint density at radius 3 is 2.65 bits per heavy atom. The topological polar surface area (TPSA) is 68.0 Å². The fourth-order valence-electron chi connectivity index (χ4n) is 1.40. The molecule has 0 fully saturated rings. The first-order valence-corrected chi connectivity index (χ1v) is 5.82. The van der Waals surface area contributed by atoms with Crippen LogP contribution in [0.3, 0.4) is 0 Å². The number of halogens is 1. The molecule has 1 heterocycles. The minimum atomic E-state index is -1.06. The molecule has 0 radical (unpaired) electrons. The first-order valence-electron chi connectivity index (χ1n) is 5.03. The molecule has 0 unspecified atom stereocenters. The van der Waals surface area contributed by atoms with E-state index >= 15 is 0 Å². The average molecular weight is 296 g/mol. The summed E-state index contributed by atoms with van der Waals surface area (Å²) in [5.74, 6) is -1.06. The molecule has 6 heteroatoms. The number of nitrogens with zero attached hydrogens (tertiary/aromatic N) is 3. The molecule has 17 heavy (non-hydrogen) atoms. The summed E-state index contributed by atoms with van der Waals surface area (Å²) in [6.45, 7) is 0.613. The maximum absolute atomic E-state index is 10.6. The summed E-state index contributed by atoms with van der Waals surface area (Å²) in [6, 6.07) is 7.97. The van der Waals surface area contributed by atoms with Gasteiger partial charge in [0.15, 0.2) is 5.69 Å². The van der Waals surface area contributed by atoms with Crippen LogP contribution < -0.4 is 0 Å². The fraction of sp³-hybridized carbons (Fsp3) is 0.182. The average Bonchev–Trinajstić information content (AvgIpc) is 2.77. The van der Waals surface area contributed by atoms with Crippen molar-refractivity contribution in [2.45, 2.75) is 13.0 Å². The van der Waals surface area contributed by atoms with Gasteiger partial charge in [0.25, 0.3) is 0 Å². The van der Waals surface area contributed by atoms with Gasteiger partial charge >= 0.3 is 5.97 Å². The minimum Gasteiger partial charge on any atom is -0.476 e. The minimum absolute atomic E-state index is 0.0270. The molecule has 0 aliphatic carbocycles. The van der Waals surface area contributed by atoms with Gasteiger partial charge in [-0.05, 0) is 24.1 Å². The summed E-state index contributed by atoms with van der Waals surface area (Å²) in [7, 11) is 0. The highest BCUT2D eigenvalue weighted by atomic mass is 79.9. The molecule has 2 aromatic rings. The largest absolute Gasteiger partial charge is 0.476 e. The highest BCUT2D eigenvalue weighted by molar-refractivity contribution is 9.10. The molecule has 88 valence electrons. The molecule has 0 amide bonds. The summed E-state index contributed by atoms with van der Waals surface area (Å²) < 4.78 is 2.57. The molecule has 2 rings (SSSR count). The van der Waals surface area contributed by atoms with E-state index in [1.807, 2.05) is 24.3 Å². The van der Waals surface area contributed by atoms with Gasteiger partial charge in [0.1, 0.15) is 0 Å². The van der Waals surface area contributed by atoms with Crippen molar-refractivity contribution in [1.29, 1.82) is 0 Å². The van der Waals surface area contributed by atoms with E-state index in [1.54, 1.807) is 0 Å². The van der Waals surface area contributed by atoms with E-state index in [0.29, 0.717) is 6.54 Å². The second kappa shape index (κ2) is 5.09. The van der Waals surface area contributed by atoms with Gasteiger partial charge in [0.2, 0.25) is 0 Å². The van der Waals surface area contributed by atoms with Crippen molar-refractivity contribution in [2.24, 2.45) is 0 Å². The summed E-state index contributed by atoms with van der Waals surface area (Å²) in [6.07, 6.45) is 2.22.